The zero-order chi connectivity index (χ0) is 15.9. The minimum atomic E-state index is -3.70. The number of hydrogen-bond donors (Lipinski definition) is 3. The van der Waals surface area contributed by atoms with Gasteiger partial charge in [0, 0.05) is 30.2 Å². The first kappa shape index (κ1) is 17.9. The molecule has 1 rings (SSSR count). The van der Waals surface area contributed by atoms with Gasteiger partial charge in [-0.3, -0.25) is 4.79 Å². The fourth-order valence-electron chi connectivity index (χ4n) is 1.55. The minimum absolute atomic E-state index is 0.0735. The van der Waals surface area contributed by atoms with Crippen LogP contribution in [0.25, 0.3) is 0 Å². The third-order valence-corrected chi connectivity index (χ3v) is 4.45. The number of anilines is 1. The Labute approximate surface area is 132 Å². The van der Waals surface area contributed by atoms with Crippen molar-refractivity contribution in [1.82, 2.24) is 9.71 Å². The van der Waals surface area contributed by atoms with E-state index in [0.717, 1.165) is 6.42 Å². The van der Waals surface area contributed by atoms with Crippen molar-refractivity contribution in [1.29, 1.82) is 0 Å². The van der Waals surface area contributed by atoms with Gasteiger partial charge in [0.2, 0.25) is 15.9 Å². The highest BCUT2D eigenvalue weighted by atomic mass is 79.9. The van der Waals surface area contributed by atoms with E-state index in [1.165, 1.54) is 12.3 Å². The van der Waals surface area contributed by atoms with Crippen LogP contribution in [-0.2, 0) is 14.8 Å². The highest BCUT2D eigenvalue weighted by Gasteiger charge is 2.19. The highest BCUT2D eigenvalue weighted by Crippen LogP contribution is 2.22. The molecule has 1 heterocycles. The van der Waals surface area contributed by atoms with Crippen molar-refractivity contribution in [3.63, 3.8) is 0 Å². The molecule has 1 aromatic rings. The maximum atomic E-state index is 12.3. The second-order valence-corrected chi connectivity index (χ2v) is 7.05. The number of primary amides is 1. The van der Waals surface area contributed by atoms with Crippen molar-refractivity contribution in [2.45, 2.75) is 31.1 Å². The van der Waals surface area contributed by atoms with Crippen LogP contribution >= 0.6 is 15.9 Å². The zero-order valence-corrected chi connectivity index (χ0v) is 14.1. The van der Waals surface area contributed by atoms with E-state index in [0.29, 0.717) is 23.3 Å². The third-order valence-electron chi connectivity index (χ3n) is 2.54. The molecule has 118 valence electrons. The van der Waals surface area contributed by atoms with Crippen LogP contribution in [0.15, 0.2) is 21.6 Å². The van der Waals surface area contributed by atoms with Gasteiger partial charge in [-0.05, 0) is 34.8 Å². The standard InChI is InChI=1S/C12H19BrN4O3S/c1-2-5-15-12-10(7-9(13)8-16-12)21(19,20)17-6-3-4-11(14)18/h7-8,17H,2-6H2,1H3,(H2,14,18)(H,15,16). The second-order valence-electron chi connectivity index (χ2n) is 4.39. The molecule has 0 bridgehead atoms. The molecule has 9 heteroatoms. The number of rotatable bonds is 9. The Hall–Kier alpha value is -1.19. The minimum Gasteiger partial charge on any atom is -0.370 e. The van der Waals surface area contributed by atoms with Gasteiger partial charge in [0.25, 0.3) is 0 Å². The van der Waals surface area contributed by atoms with Gasteiger partial charge in [0.1, 0.15) is 10.7 Å². The van der Waals surface area contributed by atoms with Crippen molar-refractivity contribution in [2.24, 2.45) is 5.73 Å². The molecular formula is C12H19BrN4O3S. The van der Waals surface area contributed by atoms with Crippen molar-refractivity contribution in [3.8, 4) is 0 Å². The Morgan fingerprint density at radius 2 is 2.14 bits per heavy atom. The van der Waals surface area contributed by atoms with E-state index >= 15 is 0 Å². The van der Waals surface area contributed by atoms with E-state index in [-0.39, 0.29) is 17.9 Å². The highest BCUT2D eigenvalue weighted by molar-refractivity contribution is 9.10. The molecule has 0 aromatic carbocycles. The number of halogens is 1. The molecule has 7 nitrogen and oxygen atoms in total. The number of sulfonamides is 1. The normalized spacial score (nSPS) is 11.3. The monoisotopic (exact) mass is 378 g/mol. The molecule has 1 amide bonds. The number of pyridine rings is 1. The summed E-state index contributed by atoms with van der Waals surface area (Å²) in [5.41, 5.74) is 5.01. The molecule has 0 aliphatic heterocycles. The van der Waals surface area contributed by atoms with Gasteiger partial charge in [-0.2, -0.15) is 0 Å². The molecule has 0 saturated carbocycles. The van der Waals surface area contributed by atoms with Crippen molar-refractivity contribution in [2.75, 3.05) is 18.4 Å². The molecule has 0 radical (unpaired) electrons. The molecule has 0 fully saturated rings. The number of nitrogens with zero attached hydrogens (tertiary/aromatic N) is 1. The van der Waals surface area contributed by atoms with Crippen molar-refractivity contribution >= 4 is 37.7 Å². The Bertz CT molecular complexity index is 592. The predicted molar refractivity (Wildman–Crippen MR) is 84.3 cm³/mol. The Morgan fingerprint density at radius 1 is 1.43 bits per heavy atom. The van der Waals surface area contributed by atoms with E-state index in [4.69, 9.17) is 5.73 Å². The molecule has 21 heavy (non-hydrogen) atoms. The fraction of sp³-hybridized carbons (Fsp3) is 0.500. The average Bonchev–Trinajstić information content (AvgIpc) is 2.42. The van der Waals surface area contributed by atoms with Crippen LogP contribution in [0.4, 0.5) is 5.82 Å². The van der Waals surface area contributed by atoms with Crippen LogP contribution in [0.1, 0.15) is 26.2 Å². The van der Waals surface area contributed by atoms with Crippen LogP contribution in [0.5, 0.6) is 0 Å². The molecule has 0 spiro atoms. The van der Waals surface area contributed by atoms with Gasteiger partial charge in [-0.1, -0.05) is 6.92 Å². The lowest BCUT2D eigenvalue weighted by Crippen LogP contribution is -2.27. The first-order chi connectivity index (χ1) is 9.86. The lowest BCUT2D eigenvalue weighted by molar-refractivity contribution is -0.118. The summed E-state index contributed by atoms with van der Waals surface area (Å²) < 4.78 is 27.6. The van der Waals surface area contributed by atoms with Crippen LogP contribution in [0, 0.1) is 0 Å². The summed E-state index contributed by atoms with van der Waals surface area (Å²) in [5.74, 6) is -0.147. The van der Waals surface area contributed by atoms with Crippen LogP contribution in [0.3, 0.4) is 0 Å². The lowest BCUT2D eigenvalue weighted by atomic mass is 10.3. The molecule has 0 aliphatic carbocycles. The average molecular weight is 379 g/mol. The number of amides is 1. The van der Waals surface area contributed by atoms with E-state index in [2.05, 4.69) is 31.0 Å². The molecule has 0 aliphatic rings. The van der Waals surface area contributed by atoms with Crippen molar-refractivity contribution < 1.29 is 13.2 Å². The lowest BCUT2D eigenvalue weighted by Gasteiger charge is -2.12. The van der Waals surface area contributed by atoms with Gasteiger partial charge in [-0.25, -0.2) is 18.1 Å². The summed E-state index contributed by atoms with van der Waals surface area (Å²) in [6, 6.07) is 1.49. The molecule has 0 unspecified atom stereocenters. The van der Waals surface area contributed by atoms with E-state index in [9.17, 15) is 13.2 Å². The smallest absolute Gasteiger partial charge is 0.244 e. The van der Waals surface area contributed by atoms with Gasteiger partial charge in [-0.15, -0.1) is 0 Å². The molecular weight excluding hydrogens is 360 g/mol. The maximum Gasteiger partial charge on any atom is 0.244 e. The Kier molecular flexibility index (Phi) is 7.06. The number of carbonyl (C=O) groups is 1. The number of nitrogens with two attached hydrogens (primary N) is 1. The summed E-state index contributed by atoms with van der Waals surface area (Å²) in [6.45, 7) is 2.74. The molecule has 0 atom stereocenters. The quantitative estimate of drug-likeness (QED) is 0.558. The Balaban J connectivity index is 2.85. The molecule has 4 N–H and O–H groups in total. The summed E-state index contributed by atoms with van der Waals surface area (Å²) >= 11 is 3.21. The zero-order valence-electron chi connectivity index (χ0n) is 11.7. The molecule has 0 saturated heterocycles. The number of hydrogen-bond acceptors (Lipinski definition) is 5. The number of carbonyl (C=O) groups excluding carboxylic acids is 1. The topological polar surface area (TPSA) is 114 Å². The van der Waals surface area contributed by atoms with Crippen LogP contribution in [0.2, 0.25) is 0 Å². The SMILES string of the molecule is CCCNc1ncc(Br)cc1S(=O)(=O)NCCCC(N)=O. The summed E-state index contributed by atoms with van der Waals surface area (Å²) in [4.78, 5) is 14.8. The summed E-state index contributed by atoms with van der Waals surface area (Å²) in [5, 5.41) is 2.98. The fourth-order valence-corrected chi connectivity index (χ4v) is 3.26. The van der Waals surface area contributed by atoms with Gasteiger partial charge in [0.05, 0.1) is 0 Å². The third kappa shape index (κ3) is 5.98. The molecule has 1 aromatic heterocycles. The van der Waals surface area contributed by atoms with E-state index < -0.39 is 15.9 Å². The summed E-state index contributed by atoms with van der Waals surface area (Å²) in [6.07, 6.45) is 2.88. The first-order valence-electron chi connectivity index (χ1n) is 6.54. The van der Waals surface area contributed by atoms with Gasteiger partial charge in [0.15, 0.2) is 0 Å². The van der Waals surface area contributed by atoms with E-state index in [1.807, 2.05) is 6.92 Å². The first-order valence-corrected chi connectivity index (χ1v) is 8.82. The van der Waals surface area contributed by atoms with E-state index in [1.54, 1.807) is 0 Å². The summed E-state index contributed by atoms with van der Waals surface area (Å²) in [7, 11) is -3.70. The predicted octanol–water partition coefficient (Wildman–Crippen LogP) is 1.21. The van der Waals surface area contributed by atoms with Crippen LogP contribution in [-0.4, -0.2) is 32.4 Å². The van der Waals surface area contributed by atoms with Gasteiger partial charge >= 0.3 is 0 Å². The van der Waals surface area contributed by atoms with Crippen molar-refractivity contribution in [3.05, 3.63) is 16.7 Å². The Morgan fingerprint density at radius 3 is 2.76 bits per heavy atom. The maximum absolute atomic E-state index is 12.3. The van der Waals surface area contributed by atoms with Gasteiger partial charge < -0.3 is 11.1 Å². The van der Waals surface area contributed by atoms with Crippen LogP contribution < -0.4 is 15.8 Å². The number of aromatic nitrogens is 1. The number of nitrogens with one attached hydrogen (secondary N) is 2. The second kappa shape index (κ2) is 8.30. The largest absolute Gasteiger partial charge is 0.370 e.